The first-order valence-corrected chi connectivity index (χ1v) is 12.6. The van der Waals surface area contributed by atoms with Crippen molar-refractivity contribution in [3.8, 4) is 5.75 Å². The summed E-state index contributed by atoms with van der Waals surface area (Å²) in [6.45, 7) is 7.43. The first kappa shape index (κ1) is 25.4. The molecule has 0 radical (unpaired) electrons. The quantitative estimate of drug-likeness (QED) is 0.486. The fourth-order valence-corrected chi connectivity index (χ4v) is 5.87. The predicted octanol–water partition coefficient (Wildman–Crippen LogP) is 2.38. The van der Waals surface area contributed by atoms with Crippen LogP contribution in [0, 0.1) is 5.92 Å². The first-order valence-electron chi connectivity index (χ1n) is 11.0. The van der Waals surface area contributed by atoms with Crippen molar-refractivity contribution in [1.82, 2.24) is 20.2 Å². The molecule has 3 rings (SSSR count). The third kappa shape index (κ3) is 6.66. The summed E-state index contributed by atoms with van der Waals surface area (Å²) in [5, 5.41) is 9.89. The van der Waals surface area contributed by atoms with Crippen LogP contribution in [0.5, 0.6) is 5.75 Å². The molecular formula is C22H32Br2N4O4. The Kier molecular flexibility index (Phi) is 9.36. The number of piperidine rings is 1. The van der Waals surface area contributed by atoms with Crippen molar-refractivity contribution in [3.63, 3.8) is 0 Å². The molecule has 178 valence electrons. The van der Waals surface area contributed by atoms with Crippen LogP contribution >= 0.6 is 31.9 Å². The van der Waals surface area contributed by atoms with Gasteiger partial charge in [-0.2, -0.15) is 0 Å². The van der Waals surface area contributed by atoms with Crippen LogP contribution in [0.15, 0.2) is 21.1 Å². The summed E-state index contributed by atoms with van der Waals surface area (Å²) in [7, 11) is 1.45. The molecule has 32 heavy (non-hydrogen) atoms. The van der Waals surface area contributed by atoms with Gasteiger partial charge in [-0.05, 0) is 68.8 Å². The molecule has 8 nitrogen and oxygen atoms in total. The molecule has 10 heteroatoms. The summed E-state index contributed by atoms with van der Waals surface area (Å²) in [4.78, 5) is 36.0. The van der Waals surface area contributed by atoms with E-state index in [4.69, 9.17) is 0 Å². The number of likely N-dealkylation sites (tertiary alicyclic amines) is 1. The highest BCUT2D eigenvalue weighted by molar-refractivity contribution is 9.11. The van der Waals surface area contributed by atoms with Crippen LogP contribution in [0.3, 0.4) is 0 Å². The van der Waals surface area contributed by atoms with E-state index < -0.39 is 0 Å². The minimum absolute atomic E-state index is 0.112. The second-order valence-electron chi connectivity index (χ2n) is 8.61. The van der Waals surface area contributed by atoms with Gasteiger partial charge in [-0.25, -0.2) is 5.48 Å². The molecule has 0 aliphatic carbocycles. The molecular weight excluding hydrogens is 544 g/mol. The summed E-state index contributed by atoms with van der Waals surface area (Å²) >= 11 is 6.72. The molecule has 2 aliphatic rings. The fourth-order valence-electron chi connectivity index (χ4n) is 4.59. The molecule has 1 aromatic carbocycles. The number of nitrogens with one attached hydrogen (secondary N) is 1. The normalized spacial score (nSPS) is 19.7. The van der Waals surface area contributed by atoms with Crippen molar-refractivity contribution in [3.05, 3.63) is 26.6 Å². The number of phenols is 1. The summed E-state index contributed by atoms with van der Waals surface area (Å²) in [5.74, 6) is 0.127. The molecule has 0 bridgehead atoms. The highest BCUT2D eigenvalue weighted by atomic mass is 79.9. The average Bonchev–Trinajstić information content (AvgIpc) is 2.77. The highest BCUT2D eigenvalue weighted by Gasteiger charge is 2.30. The van der Waals surface area contributed by atoms with Crippen molar-refractivity contribution >= 4 is 43.7 Å². The van der Waals surface area contributed by atoms with Gasteiger partial charge in [0.25, 0.3) is 5.91 Å². The van der Waals surface area contributed by atoms with Crippen LogP contribution in [0.25, 0.3) is 0 Å². The Morgan fingerprint density at radius 2 is 1.72 bits per heavy atom. The summed E-state index contributed by atoms with van der Waals surface area (Å²) in [5.41, 5.74) is 3.38. The number of aromatic hydroxyl groups is 1. The number of nitrogens with zero attached hydrogens (tertiary/aromatic N) is 3. The zero-order valence-corrected chi connectivity index (χ0v) is 21.8. The number of hydroxylamine groups is 1. The van der Waals surface area contributed by atoms with Gasteiger partial charge in [0, 0.05) is 51.2 Å². The van der Waals surface area contributed by atoms with Gasteiger partial charge in [0.2, 0.25) is 5.91 Å². The lowest BCUT2D eigenvalue weighted by Gasteiger charge is -2.43. The van der Waals surface area contributed by atoms with Gasteiger partial charge in [0.05, 0.1) is 22.6 Å². The Bertz CT molecular complexity index is 786. The van der Waals surface area contributed by atoms with Crippen molar-refractivity contribution in [2.24, 2.45) is 5.92 Å². The maximum Gasteiger partial charge on any atom is 0.257 e. The van der Waals surface area contributed by atoms with Crippen molar-refractivity contribution < 1.29 is 19.5 Å². The van der Waals surface area contributed by atoms with E-state index in [2.05, 4.69) is 52.0 Å². The van der Waals surface area contributed by atoms with Gasteiger partial charge in [-0.3, -0.25) is 24.2 Å². The molecule has 2 fully saturated rings. The molecule has 0 saturated carbocycles. The van der Waals surface area contributed by atoms with Gasteiger partial charge in [0.15, 0.2) is 0 Å². The third-order valence-electron chi connectivity index (χ3n) is 6.32. The molecule has 1 atom stereocenters. The second-order valence-corrected chi connectivity index (χ2v) is 10.3. The smallest absolute Gasteiger partial charge is 0.257 e. The summed E-state index contributed by atoms with van der Waals surface area (Å²) in [6.07, 6.45) is 2.70. The predicted molar refractivity (Wildman–Crippen MR) is 129 cm³/mol. The van der Waals surface area contributed by atoms with Crippen LogP contribution in [0.4, 0.5) is 0 Å². The number of piperazine rings is 1. The van der Waals surface area contributed by atoms with Gasteiger partial charge in [-0.1, -0.05) is 6.92 Å². The zero-order valence-electron chi connectivity index (χ0n) is 18.6. The second kappa shape index (κ2) is 11.8. The Hall–Kier alpha value is -1.20. The van der Waals surface area contributed by atoms with Crippen LogP contribution in [-0.4, -0.2) is 90.6 Å². The Labute approximate surface area is 206 Å². The topological polar surface area (TPSA) is 85.4 Å². The number of phenolic OH excluding ortho intramolecular Hbond substituents is 1. The molecule has 1 aromatic rings. The van der Waals surface area contributed by atoms with E-state index in [-0.39, 0.29) is 23.5 Å². The fraction of sp³-hybridized carbons (Fsp3) is 0.636. The van der Waals surface area contributed by atoms with Crippen molar-refractivity contribution in [2.75, 3.05) is 52.9 Å². The standard InChI is InChI=1S/C22H32Br2N4O4/c1-15(11-16-12-18(23)21(30)19(24)13-16)22(31)28-9-7-27(8-10-28)17-3-5-26(6-4-17)14-20(29)25-32-2/h12-13,15,17,30H,3-11,14H2,1-2H3,(H,25,29)/t15-/m1/s1. The number of benzene rings is 1. The molecule has 0 unspecified atom stereocenters. The van der Waals surface area contributed by atoms with Crippen molar-refractivity contribution in [2.45, 2.75) is 32.2 Å². The van der Waals surface area contributed by atoms with E-state index in [9.17, 15) is 14.7 Å². The number of amides is 2. The maximum atomic E-state index is 13.0. The molecule has 2 aliphatic heterocycles. The number of hydrogen-bond donors (Lipinski definition) is 2. The van der Waals surface area contributed by atoms with E-state index in [1.165, 1.54) is 7.11 Å². The molecule has 2 saturated heterocycles. The number of carbonyl (C=O) groups excluding carboxylic acids is 2. The van der Waals surface area contributed by atoms with Gasteiger partial charge < -0.3 is 10.0 Å². The molecule has 2 heterocycles. The minimum Gasteiger partial charge on any atom is -0.506 e. The van der Waals surface area contributed by atoms with Gasteiger partial charge >= 0.3 is 0 Å². The summed E-state index contributed by atoms with van der Waals surface area (Å²) < 4.78 is 1.25. The largest absolute Gasteiger partial charge is 0.506 e. The van der Waals surface area contributed by atoms with Crippen molar-refractivity contribution in [1.29, 1.82) is 0 Å². The van der Waals surface area contributed by atoms with Crippen LogP contribution < -0.4 is 5.48 Å². The van der Waals surface area contributed by atoms with Crippen LogP contribution in [0.1, 0.15) is 25.3 Å². The van der Waals surface area contributed by atoms with Gasteiger partial charge in [0.1, 0.15) is 5.75 Å². The molecule has 0 spiro atoms. The molecule has 2 N–H and O–H groups in total. The van der Waals surface area contributed by atoms with E-state index in [0.29, 0.717) is 28.0 Å². The zero-order chi connectivity index (χ0) is 23.3. The van der Waals surface area contributed by atoms with E-state index in [1.54, 1.807) is 0 Å². The summed E-state index contributed by atoms with van der Waals surface area (Å²) in [6, 6.07) is 4.25. The molecule has 0 aromatic heterocycles. The van der Waals surface area contributed by atoms with E-state index >= 15 is 0 Å². The number of halogens is 2. The Morgan fingerprint density at radius 1 is 1.12 bits per heavy atom. The SMILES string of the molecule is CONC(=O)CN1CCC(N2CCN(C(=O)[C@H](C)Cc3cc(Br)c(O)c(Br)c3)CC2)CC1. The lowest BCUT2D eigenvalue weighted by molar-refractivity contribution is -0.137. The maximum absolute atomic E-state index is 13.0. The average molecular weight is 576 g/mol. The molecule has 2 amide bonds. The van der Waals surface area contributed by atoms with E-state index in [0.717, 1.165) is 57.7 Å². The Morgan fingerprint density at radius 3 is 2.28 bits per heavy atom. The van der Waals surface area contributed by atoms with Crippen LogP contribution in [0.2, 0.25) is 0 Å². The first-order chi connectivity index (χ1) is 15.3. The highest BCUT2D eigenvalue weighted by Crippen LogP contribution is 2.34. The number of rotatable bonds is 7. The number of hydrogen-bond acceptors (Lipinski definition) is 6. The van der Waals surface area contributed by atoms with E-state index in [1.807, 2.05) is 24.0 Å². The minimum atomic E-state index is -0.119. The number of carbonyl (C=O) groups is 2. The third-order valence-corrected chi connectivity index (χ3v) is 7.53. The monoisotopic (exact) mass is 574 g/mol. The van der Waals surface area contributed by atoms with Gasteiger partial charge in [-0.15, -0.1) is 0 Å². The lowest BCUT2D eigenvalue weighted by atomic mass is 9.98. The van der Waals surface area contributed by atoms with Crippen LogP contribution in [-0.2, 0) is 20.8 Å². The lowest BCUT2D eigenvalue weighted by Crippen LogP contribution is -2.55. The Balaban J connectivity index is 1.43.